The van der Waals surface area contributed by atoms with Gasteiger partial charge in [-0.3, -0.25) is 4.79 Å². The molecule has 4 nitrogen and oxygen atoms in total. The summed E-state index contributed by atoms with van der Waals surface area (Å²) in [6.45, 7) is 3.86. The number of amides is 1. The number of ether oxygens (including phenoxy) is 1. The molecule has 1 aliphatic carbocycles. The number of fused-ring (bicyclic) bond motifs is 1. The first-order valence-corrected chi connectivity index (χ1v) is 8.30. The molecule has 1 atom stereocenters. The predicted octanol–water partition coefficient (Wildman–Crippen LogP) is 3.11. The quantitative estimate of drug-likeness (QED) is 0.890. The van der Waals surface area contributed by atoms with Crippen molar-refractivity contribution < 1.29 is 14.6 Å². The average Bonchev–Trinajstić information content (AvgIpc) is 3.32. The van der Waals surface area contributed by atoms with Gasteiger partial charge in [0.1, 0.15) is 5.75 Å². The first-order chi connectivity index (χ1) is 10.5. The summed E-state index contributed by atoms with van der Waals surface area (Å²) in [7, 11) is 1.64. The Balaban J connectivity index is 1.92. The molecule has 22 heavy (non-hydrogen) atoms. The second-order valence-electron chi connectivity index (χ2n) is 6.22. The molecule has 1 aromatic carbocycles. The highest BCUT2D eigenvalue weighted by molar-refractivity contribution is 7.21. The normalized spacial score (nSPS) is 17.3. The van der Waals surface area contributed by atoms with Crippen molar-refractivity contribution in [1.29, 1.82) is 0 Å². The molecule has 1 aromatic heterocycles. The van der Waals surface area contributed by atoms with E-state index in [2.05, 4.69) is 5.32 Å². The van der Waals surface area contributed by atoms with Crippen molar-refractivity contribution in [1.82, 2.24) is 5.32 Å². The molecule has 2 N–H and O–H groups in total. The molecule has 2 aromatic rings. The van der Waals surface area contributed by atoms with E-state index in [4.69, 9.17) is 4.74 Å². The lowest BCUT2D eigenvalue weighted by Crippen LogP contribution is -2.50. The largest absolute Gasteiger partial charge is 0.497 e. The van der Waals surface area contributed by atoms with E-state index >= 15 is 0 Å². The molecule has 1 aliphatic rings. The molecule has 118 valence electrons. The summed E-state index contributed by atoms with van der Waals surface area (Å²) in [5, 5.41) is 13.7. The highest BCUT2D eigenvalue weighted by Gasteiger charge is 2.42. The average molecular weight is 319 g/mol. The van der Waals surface area contributed by atoms with Crippen molar-refractivity contribution in [2.75, 3.05) is 13.7 Å². The summed E-state index contributed by atoms with van der Waals surface area (Å²) in [4.78, 5) is 13.4. The monoisotopic (exact) mass is 319 g/mol. The first-order valence-electron chi connectivity index (χ1n) is 7.49. The third kappa shape index (κ3) is 2.59. The van der Waals surface area contributed by atoms with Gasteiger partial charge < -0.3 is 15.2 Å². The number of carbonyl (C=O) groups is 1. The van der Waals surface area contributed by atoms with Gasteiger partial charge in [-0.2, -0.15) is 0 Å². The lowest BCUT2D eigenvalue weighted by Gasteiger charge is -2.28. The van der Waals surface area contributed by atoms with Crippen molar-refractivity contribution in [2.45, 2.75) is 32.2 Å². The number of carbonyl (C=O) groups excluding carboxylic acids is 1. The van der Waals surface area contributed by atoms with Crippen LogP contribution in [-0.4, -0.2) is 30.3 Å². The summed E-state index contributed by atoms with van der Waals surface area (Å²) in [5.74, 6) is 1.08. The molecule has 0 spiro atoms. The van der Waals surface area contributed by atoms with Crippen LogP contribution in [0.2, 0.25) is 0 Å². The van der Waals surface area contributed by atoms with Crippen molar-refractivity contribution in [3.8, 4) is 5.75 Å². The fourth-order valence-corrected chi connectivity index (χ4v) is 3.94. The second-order valence-corrected chi connectivity index (χ2v) is 7.27. The van der Waals surface area contributed by atoms with Crippen molar-refractivity contribution in [3.05, 3.63) is 28.6 Å². The fraction of sp³-hybridized carbons (Fsp3) is 0.471. The van der Waals surface area contributed by atoms with E-state index in [1.54, 1.807) is 7.11 Å². The number of benzene rings is 1. The molecule has 1 saturated carbocycles. The Hall–Kier alpha value is -1.59. The Bertz CT molecular complexity index is 720. The first kappa shape index (κ1) is 15.3. The molecule has 1 amide bonds. The Labute approximate surface area is 134 Å². The van der Waals surface area contributed by atoms with Crippen molar-refractivity contribution in [2.24, 2.45) is 5.92 Å². The van der Waals surface area contributed by atoms with Crippen LogP contribution in [0.5, 0.6) is 5.75 Å². The van der Waals surface area contributed by atoms with Crippen LogP contribution in [0.25, 0.3) is 10.1 Å². The third-order valence-corrected chi connectivity index (χ3v) is 5.83. The Morgan fingerprint density at radius 2 is 2.23 bits per heavy atom. The van der Waals surface area contributed by atoms with Crippen LogP contribution in [0.4, 0.5) is 0 Å². The number of aryl methyl sites for hydroxylation is 1. The number of aliphatic hydroxyl groups is 1. The van der Waals surface area contributed by atoms with Crippen LogP contribution < -0.4 is 10.1 Å². The smallest absolute Gasteiger partial charge is 0.262 e. The number of thiophene rings is 1. The van der Waals surface area contributed by atoms with Crippen LogP contribution >= 0.6 is 11.3 Å². The fourth-order valence-electron chi connectivity index (χ4n) is 2.85. The van der Waals surface area contributed by atoms with E-state index in [1.807, 2.05) is 32.0 Å². The minimum atomic E-state index is -0.516. The SMILES string of the molecule is COc1ccc2sc(C(=O)NC(C)(CO)C3CC3)c(C)c2c1. The maximum atomic E-state index is 12.7. The third-order valence-electron chi connectivity index (χ3n) is 4.56. The zero-order chi connectivity index (χ0) is 15.9. The van der Waals surface area contributed by atoms with E-state index in [0.29, 0.717) is 10.8 Å². The van der Waals surface area contributed by atoms with E-state index < -0.39 is 5.54 Å². The summed E-state index contributed by atoms with van der Waals surface area (Å²) >= 11 is 1.49. The molecule has 0 aliphatic heterocycles. The molecule has 0 radical (unpaired) electrons. The molecular formula is C17H21NO3S. The van der Waals surface area contributed by atoms with Crippen molar-refractivity contribution >= 4 is 27.3 Å². The van der Waals surface area contributed by atoms with Gasteiger partial charge in [-0.25, -0.2) is 0 Å². The molecule has 0 bridgehead atoms. The highest BCUT2D eigenvalue weighted by atomic mass is 32.1. The predicted molar refractivity (Wildman–Crippen MR) is 88.8 cm³/mol. The van der Waals surface area contributed by atoms with E-state index in [0.717, 1.165) is 34.2 Å². The maximum Gasteiger partial charge on any atom is 0.262 e. The number of hydrogen-bond acceptors (Lipinski definition) is 4. The van der Waals surface area contributed by atoms with Gasteiger partial charge in [0.15, 0.2) is 0 Å². The van der Waals surface area contributed by atoms with Crippen LogP contribution in [-0.2, 0) is 0 Å². The summed E-state index contributed by atoms with van der Waals surface area (Å²) in [6, 6.07) is 5.85. The zero-order valence-electron chi connectivity index (χ0n) is 13.1. The van der Waals surface area contributed by atoms with E-state index in [9.17, 15) is 9.90 Å². The number of methoxy groups -OCH3 is 1. The molecular weight excluding hydrogens is 298 g/mol. The zero-order valence-corrected chi connectivity index (χ0v) is 13.9. The Morgan fingerprint density at radius 3 is 2.82 bits per heavy atom. The highest BCUT2D eigenvalue weighted by Crippen LogP contribution is 2.40. The second kappa shape index (κ2) is 5.56. The lowest BCUT2D eigenvalue weighted by atomic mass is 9.96. The molecule has 3 rings (SSSR count). The van der Waals surface area contributed by atoms with Gasteiger partial charge in [0, 0.05) is 4.70 Å². The van der Waals surface area contributed by atoms with Gasteiger partial charge in [0.2, 0.25) is 0 Å². The van der Waals surface area contributed by atoms with Gasteiger partial charge in [-0.15, -0.1) is 11.3 Å². The Kier molecular flexibility index (Phi) is 3.87. The van der Waals surface area contributed by atoms with E-state index in [1.165, 1.54) is 11.3 Å². The van der Waals surface area contributed by atoms with Gasteiger partial charge in [-0.1, -0.05) is 0 Å². The standard InChI is InChI=1S/C17H21NO3S/c1-10-13-8-12(21-3)6-7-14(13)22-15(10)16(20)18-17(2,9-19)11-4-5-11/h6-8,11,19H,4-5,9H2,1-3H3,(H,18,20). The van der Waals surface area contributed by atoms with Gasteiger partial charge in [0.05, 0.1) is 24.1 Å². The van der Waals surface area contributed by atoms with E-state index in [-0.39, 0.29) is 12.5 Å². The Morgan fingerprint density at radius 1 is 1.50 bits per heavy atom. The number of nitrogens with one attached hydrogen (secondary N) is 1. The minimum absolute atomic E-state index is 0.0266. The topological polar surface area (TPSA) is 58.6 Å². The van der Waals surface area contributed by atoms with Crippen LogP contribution in [0.15, 0.2) is 18.2 Å². The number of rotatable bonds is 5. The summed E-state index contributed by atoms with van der Waals surface area (Å²) in [6.07, 6.45) is 2.14. The van der Waals surface area contributed by atoms with Gasteiger partial charge in [0.25, 0.3) is 5.91 Å². The summed E-state index contributed by atoms with van der Waals surface area (Å²) < 4.78 is 6.33. The van der Waals surface area contributed by atoms with Crippen LogP contribution in [0, 0.1) is 12.8 Å². The summed E-state index contributed by atoms with van der Waals surface area (Å²) in [5.41, 5.74) is 0.449. The number of aliphatic hydroxyl groups excluding tert-OH is 1. The van der Waals surface area contributed by atoms with Crippen LogP contribution in [0.1, 0.15) is 35.0 Å². The van der Waals surface area contributed by atoms with Crippen LogP contribution in [0.3, 0.4) is 0 Å². The lowest BCUT2D eigenvalue weighted by molar-refractivity contribution is 0.0828. The molecule has 1 heterocycles. The van der Waals surface area contributed by atoms with Gasteiger partial charge >= 0.3 is 0 Å². The maximum absolute atomic E-state index is 12.7. The van der Waals surface area contributed by atoms with Crippen molar-refractivity contribution in [3.63, 3.8) is 0 Å². The molecule has 1 fully saturated rings. The molecule has 1 unspecified atom stereocenters. The molecule has 0 saturated heterocycles. The minimum Gasteiger partial charge on any atom is -0.497 e. The number of hydrogen-bond donors (Lipinski definition) is 2. The molecule has 5 heteroatoms. The van der Waals surface area contributed by atoms with Gasteiger partial charge in [-0.05, 0) is 61.8 Å².